The SMILES string of the molecule is CCCCCCC(C)(O)C1Cc2c(cc3c(c2OC)C(=C2CCC(=O)C(c4ccc5c(c4)=CCN=5)C2)C=C(C(=O)OCC)O3)O1. The van der Waals surface area contributed by atoms with E-state index in [9.17, 15) is 14.7 Å². The summed E-state index contributed by atoms with van der Waals surface area (Å²) in [5.74, 6) is 1.04. The smallest absolute Gasteiger partial charge is 0.374 e. The number of nitrogens with zero attached hydrogens (tertiary/aromatic N) is 1. The minimum atomic E-state index is -1.02. The number of benzene rings is 2. The number of ketones is 1. The summed E-state index contributed by atoms with van der Waals surface area (Å²) in [5, 5.41) is 13.5. The second-order valence-corrected chi connectivity index (χ2v) is 12.7. The third kappa shape index (κ3) is 6.05. The lowest BCUT2D eigenvalue weighted by atomic mass is 9.77. The molecule has 0 amide bonds. The number of allylic oxidation sites excluding steroid dienone is 3. The molecule has 3 aliphatic heterocycles. The third-order valence-electron chi connectivity index (χ3n) is 9.56. The Labute approximate surface area is 264 Å². The largest absolute Gasteiger partial charge is 0.496 e. The zero-order chi connectivity index (χ0) is 31.7. The third-order valence-corrected chi connectivity index (χ3v) is 9.56. The lowest BCUT2D eigenvalue weighted by Crippen LogP contribution is -2.42. The molecule has 0 bridgehead atoms. The number of aliphatic hydroxyl groups is 1. The molecule has 0 saturated heterocycles. The van der Waals surface area contributed by atoms with Crippen LogP contribution in [0, 0.1) is 0 Å². The van der Waals surface area contributed by atoms with Gasteiger partial charge in [0.05, 0.1) is 36.8 Å². The highest BCUT2D eigenvalue weighted by Crippen LogP contribution is 2.52. The van der Waals surface area contributed by atoms with Crippen LogP contribution in [-0.4, -0.2) is 48.8 Å². The van der Waals surface area contributed by atoms with Crippen LogP contribution in [0.25, 0.3) is 11.6 Å². The van der Waals surface area contributed by atoms with E-state index in [1.165, 1.54) is 0 Å². The van der Waals surface area contributed by atoms with Crippen LogP contribution in [0.2, 0.25) is 0 Å². The molecule has 8 nitrogen and oxygen atoms in total. The zero-order valence-electron chi connectivity index (χ0n) is 26.7. The van der Waals surface area contributed by atoms with E-state index >= 15 is 0 Å². The molecule has 3 heterocycles. The Morgan fingerprint density at radius 2 is 1.96 bits per heavy atom. The van der Waals surface area contributed by atoms with Crippen molar-refractivity contribution in [2.75, 3.05) is 20.3 Å². The molecule has 1 fully saturated rings. The standard InChI is InChI=1S/C37H43NO7/c1-5-7-8-9-15-37(3,41)33-20-27-30(45-33)21-31-34(35(27)42-4)26(19-32(44-31)36(40)43-6-2)23-11-13-29(39)25(18-23)22-10-12-28-24(17-22)14-16-38-28/h10,12,14,17,19,21,25,33,41H,5-9,11,13,15-16,18,20H2,1-4H3. The highest BCUT2D eigenvalue weighted by atomic mass is 16.6. The molecule has 6 rings (SSSR count). The van der Waals surface area contributed by atoms with Crippen molar-refractivity contribution in [1.82, 2.24) is 0 Å². The van der Waals surface area contributed by atoms with Crippen molar-refractivity contribution in [2.24, 2.45) is 4.99 Å². The van der Waals surface area contributed by atoms with Crippen molar-refractivity contribution in [3.63, 3.8) is 0 Å². The highest BCUT2D eigenvalue weighted by Gasteiger charge is 2.42. The topological polar surface area (TPSA) is 104 Å². The number of carbonyl (C=O) groups is 2. The maximum absolute atomic E-state index is 13.3. The first-order chi connectivity index (χ1) is 21.7. The number of carbonyl (C=O) groups excluding carboxylic acids is 2. The van der Waals surface area contributed by atoms with E-state index in [0.717, 1.165) is 64.1 Å². The van der Waals surface area contributed by atoms with E-state index in [2.05, 4.69) is 24.1 Å². The predicted octanol–water partition coefficient (Wildman–Crippen LogP) is 5.26. The molecule has 2 aromatic rings. The fourth-order valence-electron chi connectivity index (χ4n) is 7.04. The monoisotopic (exact) mass is 613 g/mol. The molecule has 0 spiro atoms. The number of fused-ring (bicyclic) bond motifs is 3. The van der Waals surface area contributed by atoms with E-state index in [1.807, 2.05) is 19.1 Å². The maximum Gasteiger partial charge on any atom is 0.374 e. The fraction of sp³-hybridized carbons (Fsp3) is 0.486. The molecule has 2 aromatic carbocycles. The summed E-state index contributed by atoms with van der Waals surface area (Å²) in [7, 11) is 1.62. The number of unbranched alkanes of at least 4 members (excludes halogenated alkanes) is 3. The molecule has 0 aromatic heterocycles. The van der Waals surface area contributed by atoms with Gasteiger partial charge < -0.3 is 24.1 Å². The van der Waals surface area contributed by atoms with Gasteiger partial charge in [-0.3, -0.25) is 9.79 Å². The van der Waals surface area contributed by atoms with Crippen molar-refractivity contribution in [3.05, 3.63) is 68.9 Å². The Hall–Kier alpha value is -3.91. The lowest BCUT2D eigenvalue weighted by Gasteiger charge is -2.29. The molecule has 0 radical (unpaired) electrons. The average Bonchev–Trinajstić information content (AvgIpc) is 3.69. The molecular formula is C37H43NO7. The Kier molecular flexibility index (Phi) is 8.87. The van der Waals surface area contributed by atoms with Gasteiger partial charge in [0.1, 0.15) is 29.1 Å². The quantitative estimate of drug-likeness (QED) is 0.288. The minimum Gasteiger partial charge on any atom is -0.496 e. The van der Waals surface area contributed by atoms with Gasteiger partial charge in [-0.25, -0.2) is 4.79 Å². The van der Waals surface area contributed by atoms with E-state index < -0.39 is 17.7 Å². The molecule has 8 heteroatoms. The number of hydrogen-bond acceptors (Lipinski definition) is 8. The van der Waals surface area contributed by atoms with E-state index in [-0.39, 0.29) is 24.1 Å². The number of methoxy groups -OCH3 is 1. The van der Waals surface area contributed by atoms with Gasteiger partial charge in [-0.05, 0) is 67.7 Å². The summed E-state index contributed by atoms with van der Waals surface area (Å²) in [6.45, 7) is 6.64. The normalized spacial score (nSPS) is 22.9. The van der Waals surface area contributed by atoms with E-state index in [0.29, 0.717) is 55.9 Å². The number of Topliss-reactive ketones (excluding diaryl/α,β-unsaturated/α-hetero) is 1. The molecule has 1 saturated carbocycles. The average molecular weight is 614 g/mol. The van der Waals surface area contributed by atoms with Crippen LogP contribution in [0.3, 0.4) is 0 Å². The summed E-state index contributed by atoms with van der Waals surface area (Å²) in [6.07, 6.45) is 10.2. The van der Waals surface area contributed by atoms with Gasteiger partial charge in [0.25, 0.3) is 0 Å². The Balaban J connectivity index is 1.40. The maximum atomic E-state index is 13.3. The molecule has 238 valence electrons. The summed E-state index contributed by atoms with van der Waals surface area (Å²) >= 11 is 0. The summed E-state index contributed by atoms with van der Waals surface area (Å²) < 4.78 is 24.0. The van der Waals surface area contributed by atoms with E-state index in [4.69, 9.17) is 18.9 Å². The van der Waals surface area contributed by atoms with Gasteiger partial charge >= 0.3 is 5.97 Å². The van der Waals surface area contributed by atoms with Gasteiger partial charge in [-0.15, -0.1) is 0 Å². The molecule has 45 heavy (non-hydrogen) atoms. The number of esters is 1. The van der Waals surface area contributed by atoms with E-state index in [1.54, 1.807) is 26.2 Å². The molecule has 1 aliphatic carbocycles. The van der Waals surface area contributed by atoms with Gasteiger partial charge in [0.15, 0.2) is 0 Å². The first kappa shape index (κ1) is 31.1. The highest BCUT2D eigenvalue weighted by molar-refractivity contribution is 5.98. The first-order valence-electron chi connectivity index (χ1n) is 16.3. The van der Waals surface area contributed by atoms with Crippen LogP contribution in [0.15, 0.2) is 46.7 Å². The fourth-order valence-corrected chi connectivity index (χ4v) is 7.04. The van der Waals surface area contributed by atoms with Crippen molar-refractivity contribution in [2.45, 2.75) is 96.2 Å². The Morgan fingerprint density at radius 1 is 1.11 bits per heavy atom. The van der Waals surface area contributed by atoms with Crippen molar-refractivity contribution >= 4 is 23.4 Å². The van der Waals surface area contributed by atoms with Crippen LogP contribution in [-0.2, 0) is 20.7 Å². The van der Waals surface area contributed by atoms with Gasteiger partial charge in [-0.1, -0.05) is 50.3 Å². The van der Waals surface area contributed by atoms with Gasteiger partial charge in [0, 0.05) is 30.4 Å². The van der Waals surface area contributed by atoms with Gasteiger partial charge in [-0.2, -0.15) is 0 Å². The summed E-state index contributed by atoms with van der Waals surface area (Å²) in [5.41, 5.74) is 3.42. The van der Waals surface area contributed by atoms with Crippen LogP contribution in [0.4, 0.5) is 0 Å². The van der Waals surface area contributed by atoms with Gasteiger partial charge in [0.2, 0.25) is 5.76 Å². The Bertz CT molecular complexity index is 1700. The van der Waals surface area contributed by atoms with Crippen molar-refractivity contribution < 1.29 is 33.6 Å². The van der Waals surface area contributed by atoms with Crippen LogP contribution in [0.1, 0.15) is 94.7 Å². The molecule has 3 atom stereocenters. The molecular weight excluding hydrogens is 570 g/mol. The predicted molar refractivity (Wildman–Crippen MR) is 171 cm³/mol. The first-order valence-corrected chi connectivity index (χ1v) is 16.3. The second kappa shape index (κ2) is 12.8. The van der Waals surface area contributed by atoms with Crippen LogP contribution in [0.5, 0.6) is 17.2 Å². The number of hydrogen-bond donors (Lipinski definition) is 1. The van der Waals surface area contributed by atoms with Crippen molar-refractivity contribution in [1.29, 1.82) is 0 Å². The second-order valence-electron chi connectivity index (χ2n) is 12.7. The lowest BCUT2D eigenvalue weighted by molar-refractivity contribution is -0.141. The summed E-state index contributed by atoms with van der Waals surface area (Å²) in [6, 6.07) is 7.89. The van der Waals surface area contributed by atoms with Crippen LogP contribution >= 0.6 is 0 Å². The zero-order valence-corrected chi connectivity index (χ0v) is 26.7. The summed E-state index contributed by atoms with van der Waals surface area (Å²) in [4.78, 5) is 30.8. The number of rotatable bonds is 10. The molecule has 4 aliphatic rings. The molecule has 3 unspecified atom stereocenters. The van der Waals surface area contributed by atoms with Crippen LogP contribution < -0.4 is 24.8 Å². The number of ether oxygens (including phenoxy) is 4. The minimum absolute atomic E-state index is 0.0773. The van der Waals surface area contributed by atoms with Crippen molar-refractivity contribution in [3.8, 4) is 17.2 Å². The Morgan fingerprint density at radius 3 is 2.73 bits per heavy atom. The molecule has 1 N–H and O–H groups in total.